The maximum atomic E-state index is 5.41. The van der Waals surface area contributed by atoms with Crippen LogP contribution in [-0.2, 0) is 23.0 Å². The number of unbranched alkanes of at least 4 members (excludes halogenated alkanes) is 10. The van der Waals surface area contributed by atoms with Crippen LogP contribution in [0.25, 0.3) is 0 Å². The van der Waals surface area contributed by atoms with E-state index in [1.165, 1.54) is 77.0 Å². The topological polar surface area (TPSA) is 46.2 Å². The van der Waals surface area contributed by atoms with Crippen molar-refractivity contribution < 1.29 is 23.0 Å². The molecule has 10 heteroatoms. The van der Waals surface area contributed by atoms with Gasteiger partial charge in [-0.1, -0.05) is 137 Å². The maximum Gasteiger partial charge on any atom is 0.696 e. The summed E-state index contributed by atoms with van der Waals surface area (Å²) in [5, 5.41) is 5.85. The summed E-state index contributed by atoms with van der Waals surface area (Å²) in [7, 11) is -2.43. The quantitative estimate of drug-likeness (QED) is 0.110. The van der Waals surface area contributed by atoms with Gasteiger partial charge in [0.15, 0.2) is 0 Å². The number of thioether (sulfide) groups is 2. The van der Waals surface area contributed by atoms with E-state index >= 15 is 0 Å². The molecule has 0 unspecified atom stereocenters. The highest BCUT2D eigenvalue weighted by atomic mass is 32.2. The van der Waals surface area contributed by atoms with Crippen molar-refractivity contribution in [3.05, 3.63) is 0 Å². The van der Waals surface area contributed by atoms with E-state index in [1.807, 2.05) is 27.7 Å². The second-order valence-electron chi connectivity index (χ2n) is 7.43. The van der Waals surface area contributed by atoms with Crippen molar-refractivity contribution in [2.75, 3.05) is 11.5 Å². The Kier molecular flexibility index (Phi) is 38.3. The van der Waals surface area contributed by atoms with Crippen molar-refractivity contribution in [3.8, 4) is 22.7 Å². The predicted molar refractivity (Wildman–Crippen MR) is 165 cm³/mol. The summed E-state index contributed by atoms with van der Waals surface area (Å²) in [5.74, 6) is 2.01. The first-order chi connectivity index (χ1) is 17.3. The minimum absolute atomic E-state index is 0. The van der Waals surface area contributed by atoms with Gasteiger partial charge in [0.1, 0.15) is 12.2 Å². The first kappa shape index (κ1) is 40.0. The third kappa shape index (κ3) is 28.1. The van der Waals surface area contributed by atoms with Gasteiger partial charge >= 0.3 is 21.8 Å². The summed E-state index contributed by atoms with van der Waals surface area (Å²) in [6.07, 6.45) is 20.6. The Morgan fingerprint density at radius 1 is 0.583 bits per heavy atom. The molecule has 1 aliphatic rings. The molecule has 0 atom stereocenters. The van der Waals surface area contributed by atoms with E-state index in [0.717, 1.165) is 11.5 Å². The Hall–Kier alpha value is -0.505. The van der Waals surface area contributed by atoms with Gasteiger partial charge in [-0.2, -0.15) is 0 Å². The van der Waals surface area contributed by atoms with Gasteiger partial charge in [-0.05, 0) is 19.7 Å². The van der Waals surface area contributed by atoms with Crippen LogP contribution >= 0.6 is 23.5 Å². The summed E-state index contributed by atoms with van der Waals surface area (Å²) in [6, 6.07) is 0. The van der Waals surface area contributed by atoms with E-state index < -0.39 is 21.8 Å². The predicted octanol–water partition coefficient (Wildman–Crippen LogP) is 8.88. The minimum Gasteiger partial charge on any atom is -0.463 e. The molecule has 0 aliphatic carbocycles. The monoisotopic (exact) mass is 542 g/mol. The highest BCUT2D eigenvalue weighted by Crippen LogP contribution is 2.12. The van der Waals surface area contributed by atoms with Crippen molar-refractivity contribution in [1.82, 2.24) is 0 Å². The van der Waals surface area contributed by atoms with Gasteiger partial charge in [0.05, 0.1) is 0 Å². The average Bonchev–Trinajstić information content (AvgIpc) is 2.88. The molecule has 0 spiro atoms. The fourth-order valence-corrected chi connectivity index (χ4v) is 3.94. The maximum absolute atomic E-state index is 5.41. The normalized spacial score (nSPS) is 11.8. The molecule has 1 heterocycles. The van der Waals surface area contributed by atoms with Crippen molar-refractivity contribution in [1.29, 1.82) is 0 Å². The molecule has 0 aromatic carbocycles. The van der Waals surface area contributed by atoms with Crippen LogP contribution in [0.3, 0.4) is 0 Å². The number of hydrogen-bond donors (Lipinski definition) is 0. The van der Waals surface area contributed by atoms with Crippen molar-refractivity contribution in [2.24, 2.45) is 0 Å². The molecule has 0 N–H and O–H groups in total. The lowest BCUT2D eigenvalue weighted by molar-refractivity contribution is 0.167. The summed E-state index contributed by atoms with van der Waals surface area (Å²) < 4.78 is 26.8. The highest BCUT2D eigenvalue weighted by molar-refractivity contribution is 8.04. The lowest BCUT2D eigenvalue weighted by atomic mass is 9.85. The molecular weight excluding hydrogens is 489 g/mol. The Labute approximate surface area is 234 Å². The van der Waals surface area contributed by atoms with Crippen molar-refractivity contribution in [3.63, 3.8) is 0 Å². The van der Waals surface area contributed by atoms with E-state index in [-0.39, 0.29) is 7.43 Å². The van der Waals surface area contributed by atoms with Crippen LogP contribution in [0.4, 0.5) is 0 Å². The molecule has 1 aliphatic heterocycles. The lowest BCUT2D eigenvalue weighted by Gasteiger charge is -2.23. The first-order valence-corrected chi connectivity index (χ1v) is 15.7. The molecule has 0 bridgehead atoms. The summed E-state index contributed by atoms with van der Waals surface area (Å²) in [4.78, 5) is 0. The van der Waals surface area contributed by atoms with Crippen LogP contribution in [-0.4, -0.2) is 33.3 Å². The van der Waals surface area contributed by atoms with Crippen LogP contribution in [0.15, 0.2) is 0 Å². The molecule has 0 aromatic heterocycles. The fourth-order valence-electron chi connectivity index (χ4n) is 2.83. The molecule has 1 saturated heterocycles. The van der Waals surface area contributed by atoms with Crippen molar-refractivity contribution >= 4 is 45.3 Å². The zero-order valence-corrected chi connectivity index (χ0v) is 25.1. The molecule has 1 rings (SSSR count). The standard InChI is InChI=1S/C21H37B3O5S2.2C2H6.CH4/c1-4-6-8-10-12-14-18-30-20-16-25-23-27-22(3)28-24(29-23)26-17-21-31-19-15-13-11-9-7-5-2;2*1-2;/h4-15,18-19H2,1-3H3;2*1-2H3;1H4. The van der Waals surface area contributed by atoms with E-state index in [1.54, 1.807) is 30.3 Å². The smallest absolute Gasteiger partial charge is 0.463 e. The molecule has 0 saturated carbocycles. The molecule has 5 nitrogen and oxygen atoms in total. The Balaban J connectivity index is -0.00000207. The van der Waals surface area contributed by atoms with E-state index in [2.05, 4.69) is 36.6 Å². The van der Waals surface area contributed by atoms with E-state index in [4.69, 9.17) is 23.0 Å². The molecule has 208 valence electrons. The largest absolute Gasteiger partial charge is 0.696 e. The molecule has 36 heavy (non-hydrogen) atoms. The summed E-state index contributed by atoms with van der Waals surface area (Å²) in [5.41, 5.74) is 0. The molecule has 0 amide bonds. The zero-order chi connectivity index (χ0) is 26.4. The van der Waals surface area contributed by atoms with Gasteiger partial charge in [-0.25, -0.2) is 0 Å². The van der Waals surface area contributed by atoms with Gasteiger partial charge in [0.2, 0.25) is 0 Å². The number of rotatable bonds is 16. The minimum atomic E-state index is -0.950. The second kappa shape index (κ2) is 34.5. The first-order valence-electron chi connectivity index (χ1n) is 13.8. The summed E-state index contributed by atoms with van der Waals surface area (Å²) >= 11 is 3.10. The van der Waals surface area contributed by atoms with Crippen molar-refractivity contribution in [2.45, 2.75) is 133 Å². The SMILES string of the molecule is C.CC.CC.CCCCCCCCSC#COB1OB(C)OB(OC#CSCCCCCCCC)O1. The van der Waals surface area contributed by atoms with Crippen LogP contribution in [0, 0.1) is 22.7 Å². The van der Waals surface area contributed by atoms with Gasteiger partial charge in [0, 0.05) is 22.0 Å². The molecule has 0 aromatic rings. The van der Waals surface area contributed by atoms with E-state index in [0.29, 0.717) is 0 Å². The Morgan fingerprint density at radius 3 is 1.33 bits per heavy atom. The van der Waals surface area contributed by atoms with E-state index in [9.17, 15) is 0 Å². The van der Waals surface area contributed by atoms with Gasteiger partial charge in [-0.3, -0.25) is 0 Å². The molecular formula is C26H53B3O5S2. The number of hydrogen-bond acceptors (Lipinski definition) is 7. The fraction of sp³-hybridized carbons (Fsp3) is 0.846. The Bertz CT molecular complexity index is 507. The van der Waals surface area contributed by atoms with Crippen LogP contribution in [0.2, 0.25) is 6.82 Å². The average molecular weight is 542 g/mol. The third-order valence-electron chi connectivity index (χ3n) is 4.57. The lowest BCUT2D eigenvalue weighted by Crippen LogP contribution is -2.49. The van der Waals surface area contributed by atoms with Crippen LogP contribution < -0.4 is 0 Å². The molecule has 0 radical (unpaired) electrons. The van der Waals surface area contributed by atoms with Gasteiger partial charge < -0.3 is 23.0 Å². The molecule has 1 fully saturated rings. The summed E-state index contributed by atoms with van der Waals surface area (Å²) in [6.45, 7) is 14.2. The third-order valence-corrected chi connectivity index (χ3v) is 6.01. The van der Waals surface area contributed by atoms with Crippen LogP contribution in [0.5, 0.6) is 0 Å². The van der Waals surface area contributed by atoms with Crippen LogP contribution in [0.1, 0.15) is 126 Å². The van der Waals surface area contributed by atoms with Gasteiger partial charge in [-0.15, -0.1) is 0 Å². The second-order valence-corrected chi connectivity index (χ2v) is 9.23. The Morgan fingerprint density at radius 2 is 0.944 bits per heavy atom. The zero-order valence-electron chi connectivity index (χ0n) is 23.5. The highest BCUT2D eigenvalue weighted by Gasteiger charge is 2.45. The van der Waals surface area contributed by atoms with Gasteiger partial charge in [0.25, 0.3) is 0 Å².